The Balaban J connectivity index is 2.32. The molecule has 0 aliphatic heterocycles. The Morgan fingerprint density at radius 2 is 2.38 bits per heavy atom. The number of hydrogen-bond donors (Lipinski definition) is 2. The number of furan rings is 1. The van der Waals surface area contributed by atoms with E-state index in [1.165, 1.54) is 10.7 Å². The molecular formula is C10H8N4O2. The van der Waals surface area contributed by atoms with Gasteiger partial charge in [0.2, 0.25) is 0 Å². The van der Waals surface area contributed by atoms with Crippen LogP contribution in [0.3, 0.4) is 0 Å². The molecule has 3 aromatic rings. The van der Waals surface area contributed by atoms with E-state index in [1.54, 1.807) is 24.5 Å². The van der Waals surface area contributed by atoms with Crippen LogP contribution in [0.15, 0.2) is 39.9 Å². The first-order valence-electron chi connectivity index (χ1n) is 4.66. The predicted octanol–water partition coefficient (Wildman–Crippen LogP) is 0.865. The molecule has 6 nitrogen and oxygen atoms in total. The third-order valence-electron chi connectivity index (χ3n) is 2.31. The minimum absolute atomic E-state index is 0.102. The number of aromatic amines is 1. The molecule has 0 saturated carbocycles. The highest BCUT2D eigenvalue weighted by molar-refractivity contribution is 5.59. The molecule has 3 rings (SSSR count). The number of rotatable bonds is 1. The summed E-state index contributed by atoms with van der Waals surface area (Å²) in [6.45, 7) is 0. The molecular weight excluding hydrogens is 208 g/mol. The van der Waals surface area contributed by atoms with Crippen LogP contribution in [0.25, 0.3) is 17.1 Å². The molecule has 3 heterocycles. The van der Waals surface area contributed by atoms with Crippen molar-refractivity contribution in [3.63, 3.8) is 0 Å². The van der Waals surface area contributed by atoms with E-state index in [0.717, 1.165) is 0 Å². The number of nitrogens with one attached hydrogen (secondary N) is 1. The average Bonchev–Trinajstić information content (AvgIpc) is 2.91. The van der Waals surface area contributed by atoms with Crippen molar-refractivity contribution in [1.29, 1.82) is 0 Å². The van der Waals surface area contributed by atoms with Gasteiger partial charge >= 0.3 is 0 Å². The fourth-order valence-electron chi connectivity index (χ4n) is 1.53. The van der Waals surface area contributed by atoms with Crippen LogP contribution in [0.1, 0.15) is 0 Å². The first kappa shape index (κ1) is 8.78. The Labute approximate surface area is 89.3 Å². The van der Waals surface area contributed by atoms with Gasteiger partial charge in [0, 0.05) is 6.07 Å². The van der Waals surface area contributed by atoms with Gasteiger partial charge in [0.1, 0.15) is 11.4 Å². The van der Waals surface area contributed by atoms with Crippen molar-refractivity contribution in [2.75, 3.05) is 5.73 Å². The summed E-state index contributed by atoms with van der Waals surface area (Å²) in [5.41, 5.74) is 6.45. The minimum atomic E-state index is -0.317. The summed E-state index contributed by atoms with van der Waals surface area (Å²) >= 11 is 0. The summed E-state index contributed by atoms with van der Waals surface area (Å²) in [7, 11) is 0. The van der Waals surface area contributed by atoms with Gasteiger partial charge in [0.25, 0.3) is 5.56 Å². The summed E-state index contributed by atoms with van der Waals surface area (Å²) in [6.07, 6.45) is 2.91. The molecule has 0 aliphatic rings. The van der Waals surface area contributed by atoms with E-state index in [9.17, 15) is 4.79 Å². The lowest BCUT2D eigenvalue weighted by molar-refractivity contribution is 0.579. The fourth-order valence-corrected chi connectivity index (χ4v) is 1.53. The van der Waals surface area contributed by atoms with E-state index < -0.39 is 0 Å². The van der Waals surface area contributed by atoms with Crippen molar-refractivity contribution in [3.05, 3.63) is 41.0 Å². The zero-order valence-electron chi connectivity index (χ0n) is 8.18. The highest BCUT2D eigenvalue weighted by Gasteiger charge is 2.08. The van der Waals surface area contributed by atoms with Crippen LogP contribution < -0.4 is 11.3 Å². The van der Waals surface area contributed by atoms with E-state index >= 15 is 0 Å². The standard InChI is InChI=1S/C10H8N4O2/c11-6-5-12-9-4-7(8-2-1-3-16-8)13-14(9)10(6)15/h1-5,13H,11H2. The second-order valence-electron chi connectivity index (χ2n) is 3.36. The molecule has 80 valence electrons. The largest absolute Gasteiger partial charge is 0.463 e. The van der Waals surface area contributed by atoms with Crippen molar-refractivity contribution in [2.24, 2.45) is 0 Å². The first-order chi connectivity index (χ1) is 7.75. The Morgan fingerprint density at radius 1 is 1.50 bits per heavy atom. The second-order valence-corrected chi connectivity index (χ2v) is 3.36. The molecule has 0 fully saturated rings. The molecule has 3 N–H and O–H groups in total. The molecule has 0 amide bonds. The van der Waals surface area contributed by atoms with Crippen LogP contribution in [0.2, 0.25) is 0 Å². The Bertz CT molecular complexity index is 693. The molecule has 0 radical (unpaired) electrons. The summed E-state index contributed by atoms with van der Waals surface area (Å²) in [6, 6.07) is 5.28. The van der Waals surface area contributed by atoms with Crippen LogP contribution in [0.4, 0.5) is 5.69 Å². The van der Waals surface area contributed by atoms with Crippen molar-refractivity contribution in [2.45, 2.75) is 0 Å². The number of fused-ring (bicyclic) bond motifs is 1. The van der Waals surface area contributed by atoms with Gasteiger partial charge in [-0.2, -0.15) is 4.52 Å². The maximum absolute atomic E-state index is 11.6. The summed E-state index contributed by atoms with van der Waals surface area (Å²) in [5.74, 6) is 0.642. The monoisotopic (exact) mass is 216 g/mol. The van der Waals surface area contributed by atoms with Gasteiger partial charge in [0.15, 0.2) is 11.4 Å². The maximum Gasteiger partial charge on any atom is 0.295 e. The highest BCUT2D eigenvalue weighted by atomic mass is 16.3. The van der Waals surface area contributed by atoms with Gasteiger partial charge in [-0.3, -0.25) is 9.89 Å². The molecule has 0 spiro atoms. The van der Waals surface area contributed by atoms with Crippen LogP contribution in [-0.4, -0.2) is 14.6 Å². The molecule has 3 aromatic heterocycles. The zero-order valence-corrected chi connectivity index (χ0v) is 8.18. The van der Waals surface area contributed by atoms with Crippen molar-refractivity contribution < 1.29 is 4.42 Å². The van der Waals surface area contributed by atoms with Crippen LogP contribution >= 0.6 is 0 Å². The molecule has 0 unspecified atom stereocenters. The molecule has 6 heteroatoms. The minimum Gasteiger partial charge on any atom is -0.463 e. The molecule has 0 aliphatic carbocycles. The van der Waals surface area contributed by atoms with Gasteiger partial charge in [-0.15, -0.1) is 0 Å². The SMILES string of the molecule is Nc1cnc2cc(-c3ccco3)[nH]n2c1=O. The van der Waals surface area contributed by atoms with Crippen LogP contribution in [0, 0.1) is 0 Å². The van der Waals surface area contributed by atoms with E-state index in [0.29, 0.717) is 17.1 Å². The zero-order chi connectivity index (χ0) is 11.1. The highest BCUT2D eigenvalue weighted by Crippen LogP contribution is 2.18. The maximum atomic E-state index is 11.6. The lowest BCUT2D eigenvalue weighted by Crippen LogP contribution is -2.18. The molecule has 16 heavy (non-hydrogen) atoms. The quantitative estimate of drug-likeness (QED) is 0.631. The van der Waals surface area contributed by atoms with Gasteiger partial charge < -0.3 is 10.2 Å². The Morgan fingerprint density at radius 3 is 3.12 bits per heavy atom. The summed E-state index contributed by atoms with van der Waals surface area (Å²) in [4.78, 5) is 15.7. The van der Waals surface area contributed by atoms with Gasteiger partial charge in [-0.25, -0.2) is 4.98 Å². The van der Waals surface area contributed by atoms with E-state index in [2.05, 4.69) is 10.1 Å². The molecule has 0 atom stereocenters. The lowest BCUT2D eigenvalue weighted by Gasteiger charge is -1.93. The number of nitrogens with two attached hydrogens (primary N) is 1. The van der Waals surface area contributed by atoms with Crippen LogP contribution in [-0.2, 0) is 0 Å². The molecule has 0 saturated heterocycles. The summed E-state index contributed by atoms with van der Waals surface area (Å²) < 4.78 is 6.50. The van der Waals surface area contributed by atoms with Crippen LogP contribution in [0.5, 0.6) is 0 Å². The number of hydrogen-bond acceptors (Lipinski definition) is 4. The third kappa shape index (κ3) is 1.13. The van der Waals surface area contributed by atoms with E-state index in [4.69, 9.17) is 10.2 Å². The number of nitrogen functional groups attached to an aromatic ring is 1. The lowest BCUT2D eigenvalue weighted by atomic mass is 10.3. The van der Waals surface area contributed by atoms with E-state index in [-0.39, 0.29) is 11.2 Å². The normalized spacial score (nSPS) is 11.0. The van der Waals surface area contributed by atoms with Crippen molar-refractivity contribution in [3.8, 4) is 11.5 Å². The number of aromatic nitrogens is 3. The number of H-pyrrole nitrogens is 1. The molecule has 0 bridgehead atoms. The average molecular weight is 216 g/mol. The fraction of sp³-hybridized carbons (Fsp3) is 0. The topological polar surface area (TPSA) is 89.3 Å². The number of nitrogens with zero attached hydrogens (tertiary/aromatic N) is 2. The summed E-state index contributed by atoms with van der Waals surface area (Å²) in [5, 5.41) is 2.88. The Kier molecular flexibility index (Phi) is 1.64. The van der Waals surface area contributed by atoms with Crippen molar-refractivity contribution in [1.82, 2.24) is 14.6 Å². The second kappa shape index (κ2) is 2.99. The van der Waals surface area contributed by atoms with E-state index in [1.807, 2.05) is 0 Å². The number of anilines is 1. The molecule has 0 aromatic carbocycles. The van der Waals surface area contributed by atoms with Gasteiger partial charge in [-0.1, -0.05) is 0 Å². The van der Waals surface area contributed by atoms with Gasteiger partial charge in [-0.05, 0) is 12.1 Å². The van der Waals surface area contributed by atoms with Crippen molar-refractivity contribution >= 4 is 11.3 Å². The third-order valence-corrected chi connectivity index (χ3v) is 2.31. The first-order valence-corrected chi connectivity index (χ1v) is 4.66. The predicted molar refractivity (Wildman–Crippen MR) is 57.9 cm³/mol. The van der Waals surface area contributed by atoms with Gasteiger partial charge in [0.05, 0.1) is 12.5 Å². The Hall–Kier alpha value is -2.50. The smallest absolute Gasteiger partial charge is 0.295 e.